The van der Waals surface area contributed by atoms with Gasteiger partial charge in [-0.3, -0.25) is 9.36 Å². The number of aromatic nitrogens is 2. The minimum absolute atomic E-state index is 0.0543. The number of carbonyl (C=O) groups is 1. The summed E-state index contributed by atoms with van der Waals surface area (Å²) in [5, 5.41) is 3.27. The van der Waals surface area contributed by atoms with E-state index in [0.29, 0.717) is 0 Å². The lowest BCUT2D eigenvalue weighted by atomic mass is 10.0. The first kappa shape index (κ1) is 10.5. The quantitative estimate of drug-likeness (QED) is 0.811. The van der Waals surface area contributed by atoms with Crippen LogP contribution in [0.5, 0.6) is 0 Å². The smallest absolute Gasteiger partial charge is 0.249 e. The lowest BCUT2D eigenvalue weighted by Crippen LogP contribution is -2.42. The molecule has 1 aliphatic heterocycles. The van der Waals surface area contributed by atoms with Crippen LogP contribution in [0.2, 0.25) is 0 Å². The lowest BCUT2D eigenvalue weighted by Gasteiger charge is -2.22. The van der Waals surface area contributed by atoms with Crippen LogP contribution in [-0.4, -0.2) is 28.0 Å². The maximum atomic E-state index is 12.3. The molecule has 0 bridgehead atoms. The molecule has 1 saturated heterocycles. The Kier molecular flexibility index (Phi) is 2.65. The van der Waals surface area contributed by atoms with Gasteiger partial charge in [-0.15, -0.1) is 0 Å². The molecular formula is C13H15N3O. The standard InChI is InChI=1S/C13H15N3O/c17-13(11-6-3-4-8-14-11)16-9-15-10-5-1-2-7-12(10)16/h1-2,5,7,9,11,14H,3-4,6,8H2. The van der Waals surface area contributed by atoms with Crippen LogP contribution in [0.4, 0.5) is 0 Å². The number of para-hydroxylation sites is 2. The van der Waals surface area contributed by atoms with Crippen molar-refractivity contribution in [3.8, 4) is 0 Å². The Hall–Kier alpha value is -1.68. The van der Waals surface area contributed by atoms with Gasteiger partial charge in [-0.2, -0.15) is 0 Å². The highest BCUT2D eigenvalue weighted by atomic mass is 16.2. The minimum Gasteiger partial charge on any atom is -0.306 e. The van der Waals surface area contributed by atoms with Gasteiger partial charge < -0.3 is 5.32 Å². The number of hydrogen-bond donors (Lipinski definition) is 1. The molecule has 1 N–H and O–H groups in total. The van der Waals surface area contributed by atoms with Gasteiger partial charge >= 0.3 is 0 Å². The third kappa shape index (κ3) is 1.85. The summed E-state index contributed by atoms with van der Waals surface area (Å²) >= 11 is 0. The van der Waals surface area contributed by atoms with Crippen LogP contribution in [0, 0.1) is 0 Å². The normalized spacial score (nSPS) is 20.6. The highest BCUT2D eigenvalue weighted by Gasteiger charge is 2.22. The molecule has 1 atom stereocenters. The Bertz CT molecular complexity index is 540. The number of hydrogen-bond acceptors (Lipinski definition) is 3. The maximum absolute atomic E-state index is 12.3. The van der Waals surface area contributed by atoms with Crippen molar-refractivity contribution in [2.75, 3.05) is 6.54 Å². The number of imidazole rings is 1. The van der Waals surface area contributed by atoms with E-state index >= 15 is 0 Å². The minimum atomic E-state index is -0.0543. The molecule has 1 fully saturated rings. The Morgan fingerprint density at radius 1 is 1.35 bits per heavy atom. The summed E-state index contributed by atoms with van der Waals surface area (Å²) in [4.78, 5) is 16.6. The van der Waals surface area contributed by atoms with Crippen molar-refractivity contribution in [3.63, 3.8) is 0 Å². The molecule has 0 aliphatic carbocycles. The summed E-state index contributed by atoms with van der Waals surface area (Å²) in [5.74, 6) is 0.110. The van der Waals surface area contributed by atoms with Crippen LogP contribution in [-0.2, 0) is 0 Å². The molecule has 1 unspecified atom stereocenters. The number of benzene rings is 1. The van der Waals surface area contributed by atoms with Crippen LogP contribution in [0.3, 0.4) is 0 Å². The van der Waals surface area contributed by atoms with E-state index in [1.54, 1.807) is 10.9 Å². The zero-order valence-corrected chi connectivity index (χ0v) is 9.60. The van der Waals surface area contributed by atoms with Gasteiger partial charge in [-0.05, 0) is 31.5 Å². The van der Waals surface area contributed by atoms with Gasteiger partial charge in [0.1, 0.15) is 6.33 Å². The zero-order chi connectivity index (χ0) is 11.7. The van der Waals surface area contributed by atoms with Gasteiger partial charge in [0, 0.05) is 0 Å². The van der Waals surface area contributed by atoms with Crippen LogP contribution < -0.4 is 5.32 Å². The molecule has 4 nitrogen and oxygen atoms in total. The Morgan fingerprint density at radius 2 is 2.24 bits per heavy atom. The molecule has 0 saturated carbocycles. The number of nitrogens with one attached hydrogen (secondary N) is 1. The maximum Gasteiger partial charge on any atom is 0.249 e. The molecule has 0 amide bonds. The van der Waals surface area contributed by atoms with Crippen molar-refractivity contribution in [1.29, 1.82) is 0 Å². The van der Waals surface area contributed by atoms with Crippen LogP contribution in [0.25, 0.3) is 11.0 Å². The van der Waals surface area contributed by atoms with Crippen molar-refractivity contribution in [3.05, 3.63) is 30.6 Å². The van der Waals surface area contributed by atoms with Gasteiger partial charge in [-0.1, -0.05) is 18.6 Å². The van der Waals surface area contributed by atoms with E-state index in [9.17, 15) is 4.79 Å². The number of rotatable bonds is 1. The topological polar surface area (TPSA) is 46.9 Å². The van der Waals surface area contributed by atoms with E-state index in [-0.39, 0.29) is 11.9 Å². The first-order chi connectivity index (χ1) is 8.36. The Balaban J connectivity index is 1.95. The van der Waals surface area contributed by atoms with Crippen molar-refractivity contribution in [1.82, 2.24) is 14.9 Å². The fraction of sp³-hybridized carbons (Fsp3) is 0.385. The SMILES string of the molecule is O=C(C1CCCCN1)n1cnc2ccccc21. The molecule has 1 aliphatic rings. The predicted octanol–water partition coefficient (Wildman–Crippen LogP) is 1.82. The van der Waals surface area contributed by atoms with Crippen molar-refractivity contribution in [2.24, 2.45) is 0 Å². The summed E-state index contributed by atoms with van der Waals surface area (Å²) in [6.45, 7) is 0.934. The monoisotopic (exact) mass is 229 g/mol. The van der Waals surface area contributed by atoms with Crippen molar-refractivity contribution in [2.45, 2.75) is 25.3 Å². The number of nitrogens with zero attached hydrogens (tertiary/aromatic N) is 2. The Labute approximate surface area is 99.6 Å². The fourth-order valence-corrected chi connectivity index (χ4v) is 2.37. The van der Waals surface area contributed by atoms with E-state index in [4.69, 9.17) is 0 Å². The summed E-state index contributed by atoms with van der Waals surface area (Å²) in [5.41, 5.74) is 1.77. The lowest BCUT2D eigenvalue weighted by molar-refractivity contribution is 0.0847. The van der Waals surface area contributed by atoms with Crippen LogP contribution in [0.15, 0.2) is 30.6 Å². The van der Waals surface area contributed by atoms with E-state index in [1.807, 2.05) is 24.3 Å². The molecule has 1 aromatic heterocycles. The molecule has 88 valence electrons. The highest BCUT2D eigenvalue weighted by Crippen LogP contribution is 2.15. The molecule has 2 heterocycles. The second-order valence-corrected chi connectivity index (χ2v) is 4.44. The van der Waals surface area contributed by atoms with Crippen LogP contribution in [0.1, 0.15) is 24.1 Å². The third-order valence-corrected chi connectivity index (χ3v) is 3.30. The van der Waals surface area contributed by atoms with E-state index in [1.165, 1.54) is 0 Å². The van der Waals surface area contributed by atoms with E-state index in [2.05, 4.69) is 10.3 Å². The summed E-state index contributed by atoms with van der Waals surface area (Å²) in [7, 11) is 0. The molecule has 1 aromatic carbocycles. The molecule has 0 radical (unpaired) electrons. The average molecular weight is 229 g/mol. The largest absolute Gasteiger partial charge is 0.306 e. The number of fused-ring (bicyclic) bond motifs is 1. The first-order valence-electron chi connectivity index (χ1n) is 6.06. The third-order valence-electron chi connectivity index (χ3n) is 3.30. The van der Waals surface area contributed by atoms with Gasteiger partial charge in [-0.25, -0.2) is 4.98 Å². The van der Waals surface area contributed by atoms with Gasteiger partial charge in [0.2, 0.25) is 5.91 Å². The van der Waals surface area contributed by atoms with Gasteiger partial charge in [0.15, 0.2) is 0 Å². The molecule has 3 rings (SSSR count). The summed E-state index contributed by atoms with van der Waals surface area (Å²) < 4.78 is 1.66. The molecule has 2 aromatic rings. The number of piperidine rings is 1. The van der Waals surface area contributed by atoms with E-state index < -0.39 is 0 Å². The highest BCUT2D eigenvalue weighted by molar-refractivity contribution is 5.93. The molecule has 4 heteroatoms. The Morgan fingerprint density at radius 3 is 3.06 bits per heavy atom. The molecule has 0 spiro atoms. The zero-order valence-electron chi connectivity index (χ0n) is 9.60. The average Bonchev–Trinajstić information content (AvgIpc) is 2.83. The van der Waals surface area contributed by atoms with Crippen LogP contribution >= 0.6 is 0 Å². The fourth-order valence-electron chi connectivity index (χ4n) is 2.37. The number of carbonyl (C=O) groups excluding carboxylic acids is 1. The summed E-state index contributed by atoms with van der Waals surface area (Å²) in [6, 6.07) is 7.67. The predicted molar refractivity (Wildman–Crippen MR) is 66.0 cm³/mol. The van der Waals surface area contributed by atoms with Gasteiger partial charge in [0.05, 0.1) is 17.1 Å². The van der Waals surface area contributed by atoms with Gasteiger partial charge in [0.25, 0.3) is 0 Å². The first-order valence-corrected chi connectivity index (χ1v) is 6.06. The van der Waals surface area contributed by atoms with Crippen molar-refractivity contribution >= 4 is 16.9 Å². The second-order valence-electron chi connectivity index (χ2n) is 4.44. The molecular weight excluding hydrogens is 214 g/mol. The van der Waals surface area contributed by atoms with E-state index in [0.717, 1.165) is 36.8 Å². The van der Waals surface area contributed by atoms with Crippen molar-refractivity contribution < 1.29 is 4.79 Å². The second kappa shape index (κ2) is 4.30. The molecule has 17 heavy (non-hydrogen) atoms. The summed E-state index contributed by atoms with van der Waals surface area (Å²) in [6.07, 6.45) is 4.83.